The molecule has 410 valence electrons. The second-order valence-electron chi connectivity index (χ2n) is 21.9. The van der Waals surface area contributed by atoms with E-state index in [1.807, 2.05) is 158 Å². The van der Waals surface area contributed by atoms with Gasteiger partial charge in [-0.3, -0.25) is 9.59 Å². The molecule has 0 fully saturated rings. The number of nitrogens with zero attached hydrogens (tertiary/aromatic N) is 8. The first-order valence-corrected chi connectivity index (χ1v) is 28.7. The molecule has 12 aromatic carbocycles. The summed E-state index contributed by atoms with van der Waals surface area (Å²) in [6.07, 6.45) is 0. The maximum absolute atomic E-state index is 15.8. The molecular weight excluding hydrogens is 1090 g/mol. The number of carbonyl (C=O) groups is 2. The number of carbonyl (C=O) groups excluding carboxylic acids is 2. The predicted molar refractivity (Wildman–Crippen MR) is 349 cm³/mol. The van der Waals surface area contributed by atoms with Crippen molar-refractivity contribution >= 4 is 61.1 Å². The smallest absolute Gasteiger partial charge is 0.266 e. The SMILES string of the molecule is N#Cc1ccc(-c2ccc3c(c2)c2cc(-c4ccc(C#N)cc4)ccc2n3-c2cc(-c3cccc4c3C(=O)N(c3ccccc3-c3ccccc3)C4=O)c(-n3c4ccc(-c5ccc(C#N)cc5)cc4c4cc(-c5ccc(C#N)cc5)ccc43)cc2C#N)cc1. The number of para-hydroxylation sites is 1. The molecule has 3 heterocycles. The first-order chi connectivity index (χ1) is 43.7. The molecule has 1 aliphatic heterocycles. The van der Waals surface area contributed by atoms with E-state index in [-0.39, 0.29) is 11.1 Å². The summed E-state index contributed by atoms with van der Waals surface area (Å²) in [7, 11) is 0. The maximum atomic E-state index is 15.8. The van der Waals surface area contributed by atoms with Crippen molar-refractivity contribution in [2.24, 2.45) is 0 Å². The minimum absolute atomic E-state index is 0.214. The number of nitriles is 5. The van der Waals surface area contributed by atoms with Gasteiger partial charge >= 0.3 is 0 Å². The highest BCUT2D eigenvalue weighted by molar-refractivity contribution is 6.37. The van der Waals surface area contributed by atoms with Crippen molar-refractivity contribution in [3.05, 3.63) is 294 Å². The van der Waals surface area contributed by atoms with Gasteiger partial charge in [-0.2, -0.15) is 26.3 Å². The fourth-order valence-electron chi connectivity index (χ4n) is 12.7. The van der Waals surface area contributed by atoms with Gasteiger partial charge in [-0.1, -0.05) is 133 Å². The number of rotatable bonds is 9. The standard InChI is InChI=1S/C79H42N8O2/c80-43-48-13-21-52(22-14-48)57-29-33-71-65(37-57)66-38-58(53-23-15-49(44-81)16-24-53)30-34-72(66)85(71)75-42-69(63-10-6-11-64-77(63)79(89)87(78(64)88)70-12-5-4-9-62(70)56-7-2-1-3-8-56)76(41-61(75)47-84)86-73-35-31-59(54-25-17-50(45-82)18-26-54)39-67(73)68-40-60(32-36-74(68)86)55-27-19-51(46-83)20-28-55/h1-42H. The van der Waals surface area contributed by atoms with Crippen LogP contribution in [0.15, 0.2) is 255 Å². The normalized spacial score (nSPS) is 11.8. The highest BCUT2D eigenvalue weighted by atomic mass is 16.2. The highest BCUT2D eigenvalue weighted by Crippen LogP contribution is 2.47. The van der Waals surface area contributed by atoms with Crippen LogP contribution in [0.2, 0.25) is 0 Å². The van der Waals surface area contributed by atoms with Crippen molar-refractivity contribution in [2.45, 2.75) is 0 Å². The molecule has 2 amide bonds. The lowest BCUT2D eigenvalue weighted by Gasteiger charge is -2.20. The first-order valence-electron chi connectivity index (χ1n) is 28.7. The molecule has 0 saturated carbocycles. The molecule has 14 aromatic rings. The van der Waals surface area contributed by atoms with Crippen molar-refractivity contribution in [2.75, 3.05) is 4.90 Å². The van der Waals surface area contributed by atoms with E-state index in [9.17, 15) is 26.3 Å². The van der Waals surface area contributed by atoms with E-state index in [1.165, 1.54) is 4.90 Å². The third-order valence-corrected chi connectivity index (χ3v) is 17.1. The van der Waals surface area contributed by atoms with Gasteiger partial charge in [-0.05, 0) is 177 Å². The van der Waals surface area contributed by atoms with Crippen LogP contribution in [0.3, 0.4) is 0 Å². The molecule has 0 unspecified atom stereocenters. The van der Waals surface area contributed by atoms with Gasteiger partial charge < -0.3 is 9.13 Å². The largest absolute Gasteiger partial charge is 0.309 e. The fraction of sp³-hybridized carbons (Fsp3) is 0. The number of fused-ring (bicyclic) bond motifs is 7. The summed E-state index contributed by atoms with van der Waals surface area (Å²) in [6.45, 7) is 0. The highest BCUT2D eigenvalue weighted by Gasteiger charge is 2.40. The zero-order chi connectivity index (χ0) is 60.4. The molecule has 0 spiro atoms. The number of imide groups is 1. The average Bonchev–Trinajstić information content (AvgIpc) is 1.61. The summed E-state index contributed by atoms with van der Waals surface area (Å²) in [6, 6.07) is 92.7. The molecule has 0 atom stereocenters. The van der Waals surface area contributed by atoms with Gasteiger partial charge in [0.25, 0.3) is 11.8 Å². The maximum Gasteiger partial charge on any atom is 0.266 e. The van der Waals surface area contributed by atoms with E-state index in [4.69, 9.17) is 0 Å². The number of benzene rings is 12. The summed E-state index contributed by atoms with van der Waals surface area (Å²) in [5.41, 5.74) is 17.6. The van der Waals surface area contributed by atoms with E-state index in [0.717, 1.165) is 93.7 Å². The van der Waals surface area contributed by atoms with Crippen LogP contribution in [0.1, 0.15) is 48.5 Å². The molecule has 15 rings (SSSR count). The van der Waals surface area contributed by atoms with Crippen molar-refractivity contribution in [3.63, 3.8) is 0 Å². The number of anilines is 1. The van der Waals surface area contributed by atoms with Gasteiger partial charge in [0.05, 0.1) is 102 Å². The average molecular weight is 1140 g/mol. The third kappa shape index (κ3) is 8.68. The second-order valence-corrected chi connectivity index (χ2v) is 21.9. The Morgan fingerprint density at radius 3 is 1.04 bits per heavy atom. The fourth-order valence-corrected chi connectivity index (χ4v) is 12.7. The lowest BCUT2D eigenvalue weighted by Crippen LogP contribution is -2.30. The molecule has 10 heteroatoms. The lowest BCUT2D eigenvalue weighted by molar-refractivity contribution is 0.0926. The van der Waals surface area contributed by atoms with Crippen LogP contribution in [0, 0.1) is 56.7 Å². The summed E-state index contributed by atoms with van der Waals surface area (Å²) in [5.74, 6) is -0.962. The topological polar surface area (TPSA) is 166 Å². The van der Waals surface area contributed by atoms with E-state index < -0.39 is 11.8 Å². The molecule has 0 saturated heterocycles. The summed E-state index contributed by atoms with van der Waals surface area (Å²) in [5, 5.41) is 54.1. The van der Waals surface area contributed by atoms with Gasteiger partial charge in [0.15, 0.2) is 0 Å². The second kappa shape index (κ2) is 21.2. The van der Waals surface area contributed by atoms with Crippen LogP contribution in [0.25, 0.3) is 122 Å². The number of aromatic nitrogens is 2. The lowest BCUT2D eigenvalue weighted by atomic mass is 9.93. The third-order valence-electron chi connectivity index (χ3n) is 17.1. The Morgan fingerprint density at radius 1 is 0.258 bits per heavy atom. The Bertz CT molecular complexity index is 5340. The number of hydrogen-bond acceptors (Lipinski definition) is 7. The first kappa shape index (κ1) is 52.6. The molecule has 89 heavy (non-hydrogen) atoms. The van der Waals surface area contributed by atoms with Crippen molar-refractivity contribution in [3.8, 4) is 108 Å². The number of hydrogen-bond donors (Lipinski definition) is 0. The Kier molecular flexibility index (Phi) is 12.5. The molecule has 0 N–H and O–H groups in total. The van der Waals surface area contributed by atoms with E-state index in [1.54, 1.807) is 60.7 Å². The van der Waals surface area contributed by atoms with Crippen molar-refractivity contribution < 1.29 is 9.59 Å². The Balaban J connectivity index is 1.02. The molecule has 2 aromatic heterocycles. The van der Waals surface area contributed by atoms with Crippen molar-refractivity contribution in [1.82, 2.24) is 9.13 Å². The van der Waals surface area contributed by atoms with Crippen LogP contribution in [-0.4, -0.2) is 20.9 Å². The zero-order valence-corrected chi connectivity index (χ0v) is 47.1. The Labute approximate surface area is 510 Å². The van der Waals surface area contributed by atoms with Gasteiger partial charge in [-0.25, -0.2) is 4.90 Å². The molecule has 1 aliphatic rings. The van der Waals surface area contributed by atoms with Crippen LogP contribution in [0.4, 0.5) is 5.69 Å². The molecule has 0 aliphatic carbocycles. The Morgan fingerprint density at radius 2 is 0.629 bits per heavy atom. The summed E-state index contributed by atoms with van der Waals surface area (Å²) < 4.78 is 4.23. The Hall–Kier alpha value is -13.2. The van der Waals surface area contributed by atoms with Gasteiger partial charge in [0, 0.05) is 32.7 Å². The summed E-state index contributed by atoms with van der Waals surface area (Å²) in [4.78, 5) is 32.2. The predicted octanol–water partition coefficient (Wildman–Crippen LogP) is 18.0. The van der Waals surface area contributed by atoms with Gasteiger partial charge in [0.1, 0.15) is 6.07 Å². The van der Waals surface area contributed by atoms with Crippen LogP contribution < -0.4 is 4.90 Å². The van der Waals surface area contributed by atoms with Gasteiger partial charge in [0.2, 0.25) is 0 Å². The van der Waals surface area contributed by atoms with Gasteiger partial charge in [-0.15, -0.1) is 0 Å². The van der Waals surface area contributed by atoms with E-state index in [2.05, 4.69) is 75.9 Å². The van der Waals surface area contributed by atoms with Crippen LogP contribution in [0.5, 0.6) is 0 Å². The minimum Gasteiger partial charge on any atom is -0.309 e. The van der Waals surface area contributed by atoms with Crippen LogP contribution in [-0.2, 0) is 0 Å². The monoisotopic (exact) mass is 1130 g/mol. The quantitative estimate of drug-likeness (QED) is 0.130. The van der Waals surface area contributed by atoms with Crippen LogP contribution >= 0.6 is 0 Å². The molecule has 0 radical (unpaired) electrons. The van der Waals surface area contributed by atoms with Crippen molar-refractivity contribution in [1.29, 1.82) is 26.3 Å². The molecule has 0 bridgehead atoms. The molecule has 10 nitrogen and oxygen atoms in total. The summed E-state index contributed by atoms with van der Waals surface area (Å²) >= 11 is 0. The zero-order valence-electron chi connectivity index (χ0n) is 47.1. The van der Waals surface area contributed by atoms with E-state index in [0.29, 0.717) is 61.6 Å². The van der Waals surface area contributed by atoms with E-state index >= 15 is 9.59 Å². The molecular formula is C79H42N8O2. The number of amides is 2. The minimum atomic E-state index is -0.496.